The highest BCUT2D eigenvalue weighted by Crippen LogP contribution is 2.47. The first kappa shape index (κ1) is 10.3. The van der Waals surface area contributed by atoms with E-state index in [9.17, 15) is 0 Å². The fourth-order valence-corrected chi connectivity index (χ4v) is 3.48. The summed E-state index contributed by atoms with van der Waals surface area (Å²) in [4.78, 5) is 4.63. The molecule has 1 heterocycles. The van der Waals surface area contributed by atoms with Crippen molar-refractivity contribution in [2.75, 3.05) is 6.54 Å². The quantitative estimate of drug-likeness (QED) is 0.825. The van der Waals surface area contributed by atoms with E-state index in [1.54, 1.807) is 0 Å². The Hall–Kier alpha value is -0.890. The van der Waals surface area contributed by atoms with Crippen LogP contribution in [0.5, 0.6) is 0 Å². The van der Waals surface area contributed by atoms with Gasteiger partial charge in [0.05, 0.1) is 0 Å². The Morgan fingerprint density at radius 3 is 3.00 bits per heavy atom. The van der Waals surface area contributed by atoms with Crippen molar-refractivity contribution in [3.8, 4) is 0 Å². The molecule has 0 aliphatic heterocycles. The Labute approximate surface area is 97.3 Å². The molecule has 2 nitrogen and oxygen atoms in total. The van der Waals surface area contributed by atoms with Crippen molar-refractivity contribution < 1.29 is 0 Å². The maximum absolute atomic E-state index is 5.83. The Morgan fingerprint density at radius 1 is 1.31 bits per heavy atom. The van der Waals surface area contributed by atoms with Crippen LogP contribution in [0.1, 0.15) is 42.9 Å². The fraction of sp³-hybridized carbons (Fsp3) is 0.643. The highest BCUT2D eigenvalue weighted by Gasteiger charge is 2.38. The zero-order chi connectivity index (χ0) is 11.0. The lowest BCUT2D eigenvalue weighted by atomic mass is 9.63. The van der Waals surface area contributed by atoms with Crippen molar-refractivity contribution in [1.29, 1.82) is 0 Å². The Bertz CT molecular complexity index is 373. The number of nitrogens with zero attached hydrogens (tertiary/aromatic N) is 1. The van der Waals surface area contributed by atoms with Crippen LogP contribution in [0.4, 0.5) is 0 Å². The predicted molar refractivity (Wildman–Crippen MR) is 65.2 cm³/mol. The van der Waals surface area contributed by atoms with Crippen LogP contribution in [-0.4, -0.2) is 11.5 Å². The van der Waals surface area contributed by atoms with Crippen molar-refractivity contribution >= 4 is 0 Å². The minimum Gasteiger partial charge on any atom is -0.330 e. The summed E-state index contributed by atoms with van der Waals surface area (Å²) in [6.45, 7) is 0.864. The SMILES string of the molecule is NCC1CCC1C1CCCc2cccnc21. The van der Waals surface area contributed by atoms with Crippen LogP contribution in [-0.2, 0) is 6.42 Å². The van der Waals surface area contributed by atoms with Gasteiger partial charge in [-0.25, -0.2) is 0 Å². The van der Waals surface area contributed by atoms with Crippen LogP contribution in [0, 0.1) is 11.8 Å². The van der Waals surface area contributed by atoms with Crippen LogP contribution in [0.3, 0.4) is 0 Å². The summed E-state index contributed by atoms with van der Waals surface area (Å²) in [7, 11) is 0. The second-order valence-corrected chi connectivity index (χ2v) is 5.28. The molecule has 86 valence electrons. The van der Waals surface area contributed by atoms with Gasteiger partial charge in [-0.15, -0.1) is 0 Å². The zero-order valence-corrected chi connectivity index (χ0v) is 9.73. The van der Waals surface area contributed by atoms with E-state index in [0.29, 0.717) is 5.92 Å². The van der Waals surface area contributed by atoms with Gasteiger partial charge in [0.15, 0.2) is 0 Å². The molecule has 1 fully saturated rings. The molecule has 2 aliphatic carbocycles. The van der Waals surface area contributed by atoms with Gasteiger partial charge in [0.25, 0.3) is 0 Å². The van der Waals surface area contributed by atoms with Crippen molar-refractivity contribution in [3.63, 3.8) is 0 Å². The van der Waals surface area contributed by atoms with Gasteiger partial charge in [-0.1, -0.05) is 6.07 Å². The summed E-state index contributed by atoms with van der Waals surface area (Å²) in [5.41, 5.74) is 8.70. The van der Waals surface area contributed by atoms with E-state index >= 15 is 0 Å². The van der Waals surface area contributed by atoms with Crippen LogP contribution in [0.15, 0.2) is 18.3 Å². The highest BCUT2D eigenvalue weighted by molar-refractivity contribution is 5.27. The van der Waals surface area contributed by atoms with Gasteiger partial charge in [-0.2, -0.15) is 0 Å². The number of fused-ring (bicyclic) bond motifs is 1. The first-order valence-corrected chi connectivity index (χ1v) is 6.54. The van der Waals surface area contributed by atoms with E-state index in [1.165, 1.54) is 43.4 Å². The average molecular weight is 216 g/mol. The summed E-state index contributed by atoms with van der Waals surface area (Å²) in [5.74, 6) is 2.28. The summed E-state index contributed by atoms with van der Waals surface area (Å²) in [6.07, 6.45) is 8.53. The lowest BCUT2D eigenvalue weighted by Gasteiger charge is -2.43. The molecular weight excluding hydrogens is 196 g/mol. The molecule has 0 bridgehead atoms. The minimum absolute atomic E-state index is 0.701. The number of hydrogen-bond donors (Lipinski definition) is 1. The van der Waals surface area contributed by atoms with Crippen LogP contribution >= 0.6 is 0 Å². The molecule has 3 rings (SSSR count). The smallest absolute Gasteiger partial charge is 0.0469 e. The lowest BCUT2D eigenvalue weighted by Crippen LogP contribution is -2.37. The molecular formula is C14H20N2. The number of hydrogen-bond acceptors (Lipinski definition) is 2. The Balaban J connectivity index is 1.87. The van der Waals surface area contributed by atoms with E-state index in [4.69, 9.17) is 5.73 Å². The van der Waals surface area contributed by atoms with Gasteiger partial charge in [0.1, 0.15) is 0 Å². The first-order chi connectivity index (χ1) is 7.90. The third-order valence-electron chi connectivity index (χ3n) is 4.53. The number of pyridine rings is 1. The monoisotopic (exact) mass is 216 g/mol. The van der Waals surface area contributed by atoms with Gasteiger partial charge in [0.2, 0.25) is 0 Å². The predicted octanol–water partition coefficient (Wildman–Crippen LogP) is 2.49. The van der Waals surface area contributed by atoms with Crippen molar-refractivity contribution in [2.24, 2.45) is 17.6 Å². The number of nitrogens with two attached hydrogens (primary N) is 1. The summed E-state index contributed by atoms with van der Waals surface area (Å²) in [5, 5.41) is 0. The van der Waals surface area contributed by atoms with Gasteiger partial charge in [0, 0.05) is 17.8 Å². The largest absolute Gasteiger partial charge is 0.330 e. The van der Waals surface area contributed by atoms with E-state index < -0.39 is 0 Å². The molecule has 0 amide bonds. The van der Waals surface area contributed by atoms with Gasteiger partial charge < -0.3 is 5.73 Å². The van der Waals surface area contributed by atoms with Gasteiger partial charge in [-0.05, 0) is 62.1 Å². The van der Waals surface area contributed by atoms with Crippen LogP contribution in [0.2, 0.25) is 0 Å². The molecule has 2 aliphatic rings. The first-order valence-electron chi connectivity index (χ1n) is 6.54. The normalized spacial score (nSPS) is 32.9. The molecule has 1 aromatic heterocycles. The second kappa shape index (κ2) is 4.17. The molecule has 2 N–H and O–H groups in total. The third-order valence-corrected chi connectivity index (χ3v) is 4.53. The molecule has 3 atom stereocenters. The standard InChI is InChI=1S/C14H20N2/c15-9-11-6-7-12(11)13-5-1-3-10-4-2-8-16-14(10)13/h2,4,8,11-13H,1,3,5-7,9,15H2. The Kier molecular flexibility index (Phi) is 2.68. The molecule has 1 aromatic rings. The topological polar surface area (TPSA) is 38.9 Å². The van der Waals surface area contributed by atoms with E-state index in [0.717, 1.165) is 18.4 Å². The Morgan fingerprint density at radius 2 is 2.25 bits per heavy atom. The number of aromatic nitrogens is 1. The van der Waals surface area contributed by atoms with Gasteiger partial charge in [-0.3, -0.25) is 4.98 Å². The highest BCUT2D eigenvalue weighted by atomic mass is 14.7. The lowest BCUT2D eigenvalue weighted by molar-refractivity contribution is 0.136. The molecule has 0 saturated heterocycles. The fourth-order valence-electron chi connectivity index (χ4n) is 3.48. The molecule has 0 spiro atoms. The molecule has 16 heavy (non-hydrogen) atoms. The summed E-state index contributed by atoms with van der Waals surface area (Å²) >= 11 is 0. The van der Waals surface area contributed by atoms with Crippen molar-refractivity contribution in [3.05, 3.63) is 29.6 Å². The molecule has 0 radical (unpaired) electrons. The van der Waals surface area contributed by atoms with Gasteiger partial charge >= 0.3 is 0 Å². The van der Waals surface area contributed by atoms with E-state index in [-0.39, 0.29) is 0 Å². The third kappa shape index (κ3) is 1.56. The molecule has 0 aromatic carbocycles. The number of rotatable bonds is 2. The van der Waals surface area contributed by atoms with E-state index in [1.807, 2.05) is 6.20 Å². The summed E-state index contributed by atoms with van der Waals surface area (Å²) < 4.78 is 0. The van der Waals surface area contributed by atoms with E-state index in [2.05, 4.69) is 17.1 Å². The zero-order valence-electron chi connectivity index (χ0n) is 9.73. The summed E-state index contributed by atoms with van der Waals surface area (Å²) in [6, 6.07) is 4.33. The molecule has 3 unspecified atom stereocenters. The van der Waals surface area contributed by atoms with Crippen LogP contribution < -0.4 is 5.73 Å². The second-order valence-electron chi connectivity index (χ2n) is 5.28. The van der Waals surface area contributed by atoms with Crippen LogP contribution in [0.25, 0.3) is 0 Å². The molecule has 2 heteroatoms. The van der Waals surface area contributed by atoms with Crippen molar-refractivity contribution in [1.82, 2.24) is 4.98 Å². The van der Waals surface area contributed by atoms with Crippen molar-refractivity contribution in [2.45, 2.75) is 38.0 Å². The number of aryl methyl sites for hydroxylation is 1. The average Bonchev–Trinajstić information content (AvgIpc) is 2.29. The maximum atomic E-state index is 5.83. The molecule has 1 saturated carbocycles. The maximum Gasteiger partial charge on any atom is 0.0469 e. The minimum atomic E-state index is 0.701.